The molecule has 0 saturated carbocycles. The van der Waals surface area contributed by atoms with Crippen LogP contribution in [-0.4, -0.2) is 38.1 Å². The molecule has 0 aliphatic carbocycles. The number of carbonyl (C=O) groups excluding carboxylic acids is 2. The van der Waals surface area contributed by atoms with E-state index < -0.39 is 28.3 Å². The molecule has 0 spiro atoms. The number of benzene rings is 2. The number of nitrogens with one attached hydrogen (secondary N) is 2. The summed E-state index contributed by atoms with van der Waals surface area (Å²) in [7, 11) is -2.63. The van der Waals surface area contributed by atoms with Crippen molar-refractivity contribution in [3.05, 3.63) is 52.8 Å². The van der Waals surface area contributed by atoms with Crippen molar-refractivity contribution in [3.8, 4) is 0 Å². The van der Waals surface area contributed by atoms with E-state index in [1.54, 1.807) is 0 Å². The molecule has 1 aliphatic heterocycles. The highest BCUT2D eigenvalue weighted by atomic mass is 35.5. The van der Waals surface area contributed by atoms with Crippen LogP contribution >= 0.6 is 11.6 Å². The van der Waals surface area contributed by atoms with Crippen molar-refractivity contribution in [2.75, 3.05) is 24.2 Å². The Morgan fingerprint density at radius 1 is 1.25 bits per heavy atom. The highest BCUT2D eigenvalue weighted by Gasteiger charge is 2.25. The summed E-state index contributed by atoms with van der Waals surface area (Å²) in [6.45, 7) is -0.439. The van der Waals surface area contributed by atoms with E-state index in [0.29, 0.717) is 12.1 Å². The Bertz CT molecular complexity index is 1060. The Morgan fingerprint density at radius 2 is 2.00 bits per heavy atom. The Morgan fingerprint density at radius 3 is 2.71 bits per heavy atom. The Kier molecular flexibility index (Phi) is 5.69. The number of fused-ring (bicyclic) bond motifs is 1. The lowest BCUT2D eigenvalue weighted by Crippen LogP contribution is -2.35. The molecule has 1 aliphatic rings. The van der Waals surface area contributed by atoms with Gasteiger partial charge in [0.05, 0.1) is 16.5 Å². The summed E-state index contributed by atoms with van der Waals surface area (Å²) in [5.41, 5.74) is 1.56. The van der Waals surface area contributed by atoms with E-state index in [1.165, 1.54) is 37.4 Å². The zero-order valence-corrected chi connectivity index (χ0v) is 16.4. The van der Waals surface area contributed by atoms with Crippen LogP contribution in [-0.2, 0) is 26.0 Å². The lowest BCUT2D eigenvalue weighted by atomic mass is 10.0. The molecule has 1 heterocycles. The van der Waals surface area contributed by atoms with Crippen LogP contribution in [0.2, 0.25) is 5.02 Å². The largest absolute Gasteiger partial charge is 0.326 e. The third-order valence-electron chi connectivity index (χ3n) is 4.25. The minimum absolute atomic E-state index is 0.0301. The van der Waals surface area contributed by atoms with Gasteiger partial charge in [-0.1, -0.05) is 11.6 Å². The molecular weight excluding hydrogens is 409 g/mol. The summed E-state index contributed by atoms with van der Waals surface area (Å²) < 4.78 is 39.6. The van der Waals surface area contributed by atoms with Gasteiger partial charge in [0.15, 0.2) is 0 Å². The number of nitrogens with zero attached hydrogens (tertiary/aromatic N) is 1. The standard InChI is InChI=1S/C18H17ClFN3O4S/c1-23(10-18(25)21-12-3-5-15(20)14(19)9-12)28(26,27)13-4-6-16-11(8-13)2-7-17(24)22-16/h3-6,8-9H,2,7,10H2,1H3,(H,21,25)(H,22,24). The predicted molar refractivity (Wildman–Crippen MR) is 103 cm³/mol. The van der Waals surface area contributed by atoms with Crippen LogP contribution in [0.25, 0.3) is 0 Å². The van der Waals surface area contributed by atoms with Gasteiger partial charge in [-0.15, -0.1) is 0 Å². The lowest BCUT2D eigenvalue weighted by molar-refractivity contribution is -0.117. The maximum absolute atomic E-state index is 13.2. The average Bonchev–Trinajstić information content (AvgIpc) is 2.64. The van der Waals surface area contributed by atoms with Crippen LogP contribution in [0.5, 0.6) is 0 Å². The zero-order chi connectivity index (χ0) is 20.5. The highest BCUT2D eigenvalue weighted by molar-refractivity contribution is 7.89. The SMILES string of the molecule is CN(CC(=O)Nc1ccc(F)c(Cl)c1)S(=O)(=O)c1ccc2c(c1)CCC(=O)N2. The molecule has 0 radical (unpaired) electrons. The maximum Gasteiger partial charge on any atom is 0.243 e. The van der Waals surface area contributed by atoms with Crippen molar-refractivity contribution < 1.29 is 22.4 Å². The van der Waals surface area contributed by atoms with E-state index in [1.807, 2.05) is 0 Å². The zero-order valence-electron chi connectivity index (χ0n) is 14.8. The molecule has 0 bridgehead atoms. The number of likely N-dealkylation sites (N-methyl/N-ethyl adjacent to an activating group) is 1. The minimum Gasteiger partial charge on any atom is -0.326 e. The van der Waals surface area contributed by atoms with E-state index in [9.17, 15) is 22.4 Å². The summed E-state index contributed by atoms with van der Waals surface area (Å²) >= 11 is 5.66. The fraction of sp³-hybridized carbons (Fsp3) is 0.222. The molecule has 7 nitrogen and oxygen atoms in total. The van der Waals surface area contributed by atoms with Crippen molar-refractivity contribution in [1.29, 1.82) is 0 Å². The lowest BCUT2D eigenvalue weighted by Gasteiger charge is -2.20. The molecule has 2 N–H and O–H groups in total. The minimum atomic E-state index is -3.91. The topological polar surface area (TPSA) is 95.6 Å². The third kappa shape index (κ3) is 4.32. The molecule has 10 heteroatoms. The summed E-state index contributed by atoms with van der Waals surface area (Å²) in [4.78, 5) is 23.6. The number of sulfonamides is 1. The van der Waals surface area contributed by atoms with Crippen LogP contribution in [0.4, 0.5) is 15.8 Å². The van der Waals surface area contributed by atoms with E-state index in [0.717, 1.165) is 15.9 Å². The van der Waals surface area contributed by atoms with Crippen LogP contribution in [0.3, 0.4) is 0 Å². The van der Waals surface area contributed by atoms with Gasteiger partial charge in [-0.05, 0) is 48.4 Å². The third-order valence-corrected chi connectivity index (χ3v) is 6.34. The normalized spacial score (nSPS) is 13.8. The van der Waals surface area contributed by atoms with Gasteiger partial charge in [0.25, 0.3) is 0 Å². The van der Waals surface area contributed by atoms with Crippen LogP contribution in [0.15, 0.2) is 41.3 Å². The van der Waals surface area contributed by atoms with E-state index in [2.05, 4.69) is 10.6 Å². The van der Waals surface area contributed by atoms with Gasteiger partial charge in [-0.25, -0.2) is 12.8 Å². The second-order valence-electron chi connectivity index (χ2n) is 6.31. The molecule has 0 atom stereocenters. The van der Waals surface area contributed by atoms with E-state index in [4.69, 9.17) is 11.6 Å². The van der Waals surface area contributed by atoms with E-state index >= 15 is 0 Å². The van der Waals surface area contributed by atoms with Gasteiger partial charge in [-0.3, -0.25) is 9.59 Å². The van der Waals surface area contributed by atoms with Gasteiger partial charge < -0.3 is 10.6 Å². The number of carbonyl (C=O) groups is 2. The molecule has 2 aromatic carbocycles. The van der Waals surface area contributed by atoms with Crippen LogP contribution in [0.1, 0.15) is 12.0 Å². The Labute approximate surface area is 166 Å². The smallest absolute Gasteiger partial charge is 0.243 e. The van der Waals surface area contributed by atoms with Gasteiger partial charge in [0, 0.05) is 24.8 Å². The summed E-state index contributed by atoms with van der Waals surface area (Å²) in [5.74, 6) is -1.33. The van der Waals surface area contributed by atoms with Crippen LogP contribution in [0, 0.1) is 5.82 Å². The van der Waals surface area contributed by atoms with Crippen molar-refractivity contribution in [2.24, 2.45) is 0 Å². The first kappa shape index (κ1) is 20.2. The van der Waals surface area contributed by atoms with Crippen LogP contribution < -0.4 is 10.6 Å². The first-order valence-corrected chi connectivity index (χ1v) is 10.1. The molecule has 0 saturated heterocycles. The van der Waals surface area contributed by atoms with Crippen molar-refractivity contribution in [2.45, 2.75) is 17.7 Å². The van der Waals surface area contributed by atoms with Crippen molar-refractivity contribution >= 4 is 44.8 Å². The van der Waals surface area contributed by atoms with Gasteiger partial charge in [0.1, 0.15) is 5.82 Å². The first-order valence-electron chi connectivity index (χ1n) is 8.31. The number of amides is 2. The van der Waals surface area contributed by atoms with Crippen molar-refractivity contribution in [1.82, 2.24) is 4.31 Å². The molecule has 2 amide bonds. The summed E-state index contributed by atoms with van der Waals surface area (Å²) in [6, 6.07) is 8.08. The van der Waals surface area contributed by atoms with Gasteiger partial charge in [0.2, 0.25) is 21.8 Å². The number of aryl methyl sites for hydroxylation is 1. The molecule has 3 rings (SSSR count). The highest BCUT2D eigenvalue weighted by Crippen LogP contribution is 2.26. The summed E-state index contributed by atoms with van der Waals surface area (Å²) in [5, 5.41) is 5.01. The monoisotopic (exact) mass is 425 g/mol. The van der Waals surface area contributed by atoms with Crippen molar-refractivity contribution in [3.63, 3.8) is 0 Å². The molecule has 2 aromatic rings. The van der Waals surface area contributed by atoms with Gasteiger partial charge in [-0.2, -0.15) is 4.31 Å². The Hall–Kier alpha value is -2.49. The number of halogens is 2. The second-order valence-corrected chi connectivity index (χ2v) is 8.76. The number of hydrogen-bond acceptors (Lipinski definition) is 4. The first-order chi connectivity index (χ1) is 13.2. The van der Waals surface area contributed by atoms with Gasteiger partial charge >= 0.3 is 0 Å². The van der Waals surface area contributed by atoms with E-state index in [-0.39, 0.29) is 27.9 Å². The quantitative estimate of drug-likeness (QED) is 0.769. The number of rotatable bonds is 5. The molecule has 0 fully saturated rings. The number of anilines is 2. The molecular formula is C18H17ClFN3O4S. The maximum atomic E-state index is 13.2. The fourth-order valence-electron chi connectivity index (χ4n) is 2.76. The fourth-order valence-corrected chi connectivity index (χ4v) is 4.12. The molecule has 148 valence electrons. The molecule has 28 heavy (non-hydrogen) atoms. The second kappa shape index (κ2) is 7.86. The Balaban J connectivity index is 1.72. The number of hydrogen-bond donors (Lipinski definition) is 2. The summed E-state index contributed by atoms with van der Waals surface area (Å²) in [6.07, 6.45) is 0.731. The predicted octanol–water partition coefficient (Wildman–Crippen LogP) is 2.62. The average molecular weight is 426 g/mol. The molecule has 0 unspecified atom stereocenters. The molecule has 0 aromatic heterocycles.